The van der Waals surface area contributed by atoms with E-state index in [0.717, 1.165) is 62.4 Å². The molecule has 2 heterocycles. The first-order valence-electron chi connectivity index (χ1n) is 9.88. The molecule has 4 nitrogen and oxygen atoms in total. The number of para-hydroxylation sites is 1. The predicted molar refractivity (Wildman–Crippen MR) is 105 cm³/mol. The molecule has 148 valence electrons. The van der Waals surface area contributed by atoms with Crippen LogP contribution in [0.3, 0.4) is 0 Å². The normalized spacial score (nSPS) is 20.2. The molecule has 1 saturated heterocycles. The molecule has 2 aliphatic heterocycles. The molecule has 28 heavy (non-hydrogen) atoms. The van der Waals surface area contributed by atoms with Crippen LogP contribution in [0.2, 0.25) is 0 Å². The fraction of sp³-hybridized carbons (Fsp3) is 0.409. The van der Waals surface area contributed by atoms with Crippen LogP contribution in [0.1, 0.15) is 29.9 Å². The summed E-state index contributed by atoms with van der Waals surface area (Å²) in [4.78, 5) is 16.9. The van der Waals surface area contributed by atoms with Gasteiger partial charge >= 0.3 is 0 Å². The molecule has 2 aromatic rings. The van der Waals surface area contributed by atoms with Gasteiger partial charge in [0, 0.05) is 38.4 Å². The van der Waals surface area contributed by atoms with Crippen molar-refractivity contribution < 1.29 is 13.6 Å². The molecule has 6 heteroatoms. The van der Waals surface area contributed by atoms with Gasteiger partial charge in [0.15, 0.2) is 11.6 Å². The Hall–Kier alpha value is -2.31. The van der Waals surface area contributed by atoms with Crippen LogP contribution in [-0.4, -0.2) is 48.4 Å². The Morgan fingerprint density at radius 3 is 2.50 bits per heavy atom. The van der Waals surface area contributed by atoms with E-state index in [1.807, 2.05) is 24.3 Å². The highest BCUT2D eigenvalue weighted by atomic mass is 19.2. The molecule has 4 rings (SSSR count). The molecule has 1 N–H and O–H groups in total. The van der Waals surface area contributed by atoms with Crippen LogP contribution in [0.4, 0.5) is 14.5 Å². The smallest absolute Gasteiger partial charge is 0.232 e. The first-order chi connectivity index (χ1) is 13.6. The Morgan fingerprint density at radius 2 is 1.71 bits per heavy atom. The quantitative estimate of drug-likeness (QED) is 0.825. The maximum atomic E-state index is 13.4. The van der Waals surface area contributed by atoms with Gasteiger partial charge in [-0.25, -0.2) is 8.78 Å². The molecule has 0 radical (unpaired) electrons. The standard InChI is InChI=1S/C22H25F2N3O/c23-19-8-7-16(14-20(19)24)15-27-12-10-26(11-13-27)9-3-5-18-17-4-1-2-6-21(17)25-22(18)28/h1-2,4,6-8,14,18H,3,5,9-13,15H2,(H,25,28). The molecule has 0 spiro atoms. The monoisotopic (exact) mass is 385 g/mol. The summed E-state index contributed by atoms with van der Waals surface area (Å²) in [5.74, 6) is -1.51. The number of carbonyl (C=O) groups excluding carboxylic acids is 1. The van der Waals surface area contributed by atoms with Crippen LogP contribution in [0, 0.1) is 11.6 Å². The number of carbonyl (C=O) groups is 1. The summed E-state index contributed by atoms with van der Waals surface area (Å²) in [6.07, 6.45) is 1.84. The molecule has 0 aromatic heterocycles. The van der Waals surface area contributed by atoms with Crippen LogP contribution in [0.25, 0.3) is 0 Å². The number of nitrogens with one attached hydrogen (secondary N) is 1. The van der Waals surface area contributed by atoms with Gasteiger partial charge < -0.3 is 10.2 Å². The largest absolute Gasteiger partial charge is 0.325 e. The third kappa shape index (κ3) is 4.23. The van der Waals surface area contributed by atoms with Gasteiger partial charge in [-0.1, -0.05) is 24.3 Å². The van der Waals surface area contributed by atoms with Crippen molar-refractivity contribution in [2.75, 3.05) is 38.0 Å². The van der Waals surface area contributed by atoms with E-state index in [1.165, 1.54) is 12.1 Å². The maximum Gasteiger partial charge on any atom is 0.232 e. The van der Waals surface area contributed by atoms with Gasteiger partial charge in [0.2, 0.25) is 5.91 Å². The second-order valence-electron chi connectivity index (χ2n) is 7.64. The van der Waals surface area contributed by atoms with Crippen molar-refractivity contribution in [3.05, 3.63) is 65.2 Å². The molecule has 1 fully saturated rings. The number of piperazine rings is 1. The SMILES string of the molecule is O=C1Nc2ccccc2C1CCCN1CCN(Cc2ccc(F)c(F)c2)CC1. The van der Waals surface area contributed by atoms with Crippen LogP contribution < -0.4 is 5.32 Å². The number of hydrogen-bond acceptors (Lipinski definition) is 3. The highest BCUT2D eigenvalue weighted by molar-refractivity contribution is 6.02. The Kier molecular flexibility index (Phi) is 5.69. The van der Waals surface area contributed by atoms with E-state index in [1.54, 1.807) is 6.07 Å². The topological polar surface area (TPSA) is 35.6 Å². The van der Waals surface area contributed by atoms with Crippen molar-refractivity contribution in [3.8, 4) is 0 Å². The summed E-state index contributed by atoms with van der Waals surface area (Å²) in [6.45, 7) is 5.35. The van der Waals surface area contributed by atoms with E-state index >= 15 is 0 Å². The molecular weight excluding hydrogens is 360 g/mol. The minimum Gasteiger partial charge on any atom is -0.325 e. The van der Waals surface area contributed by atoms with Crippen LogP contribution >= 0.6 is 0 Å². The third-order valence-electron chi connectivity index (χ3n) is 5.73. The number of benzene rings is 2. The van der Waals surface area contributed by atoms with Crippen LogP contribution in [-0.2, 0) is 11.3 Å². The van der Waals surface area contributed by atoms with Gasteiger partial charge in [-0.05, 0) is 48.7 Å². The van der Waals surface area contributed by atoms with Gasteiger partial charge in [0.05, 0.1) is 5.92 Å². The summed E-state index contributed by atoms with van der Waals surface area (Å²) < 4.78 is 26.4. The second kappa shape index (κ2) is 8.37. The zero-order valence-electron chi connectivity index (χ0n) is 15.8. The zero-order valence-corrected chi connectivity index (χ0v) is 15.8. The average Bonchev–Trinajstić information content (AvgIpc) is 3.01. The fourth-order valence-corrected chi connectivity index (χ4v) is 4.15. The minimum atomic E-state index is -0.799. The van der Waals surface area contributed by atoms with E-state index in [9.17, 15) is 13.6 Å². The van der Waals surface area contributed by atoms with Crippen molar-refractivity contribution in [1.29, 1.82) is 0 Å². The Morgan fingerprint density at radius 1 is 0.964 bits per heavy atom. The zero-order chi connectivity index (χ0) is 19.5. The second-order valence-corrected chi connectivity index (χ2v) is 7.64. The van der Waals surface area contributed by atoms with Crippen molar-refractivity contribution in [2.45, 2.75) is 25.3 Å². The van der Waals surface area contributed by atoms with Gasteiger partial charge in [0.1, 0.15) is 0 Å². The lowest BCUT2D eigenvalue weighted by atomic mass is 9.95. The summed E-state index contributed by atoms with van der Waals surface area (Å²) in [5, 5.41) is 2.96. The molecule has 1 unspecified atom stereocenters. The molecule has 2 aromatic carbocycles. The summed E-state index contributed by atoms with van der Waals surface area (Å²) in [5.41, 5.74) is 2.87. The lowest BCUT2D eigenvalue weighted by molar-refractivity contribution is -0.117. The van der Waals surface area contributed by atoms with E-state index in [2.05, 4.69) is 15.1 Å². The van der Waals surface area contributed by atoms with E-state index in [-0.39, 0.29) is 11.8 Å². The molecule has 0 aliphatic carbocycles. The minimum absolute atomic E-state index is 0.0362. The molecule has 0 saturated carbocycles. The number of nitrogens with zero attached hydrogens (tertiary/aromatic N) is 2. The Bertz CT molecular complexity index is 849. The predicted octanol–water partition coefficient (Wildman–Crippen LogP) is 3.60. The first kappa shape index (κ1) is 19.0. The van der Waals surface area contributed by atoms with Crippen molar-refractivity contribution in [3.63, 3.8) is 0 Å². The lowest BCUT2D eigenvalue weighted by Gasteiger charge is -2.34. The van der Waals surface area contributed by atoms with Crippen molar-refractivity contribution in [1.82, 2.24) is 9.80 Å². The summed E-state index contributed by atoms with van der Waals surface area (Å²) in [7, 11) is 0. The highest BCUT2D eigenvalue weighted by Gasteiger charge is 2.29. The number of amides is 1. The number of rotatable bonds is 6. The van der Waals surface area contributed by atoms with Crippen LogP contribution in [0.15, 0.2) is 42.5 Å². The lowest BCUT2D eigenvalue weighted by Crippen LogP contribution is -2.46. The molecular formula is C22H25F2N3O. The average molecular weight is 385 g/mol. The first-order valence-corrected chi connectivity index (χ1v) is 9.88. The fourth-order valence-electron chi connectivity index (χ4n) is 4.15. The summed E-state index contributed by atoms with van der Waals surface area (Å²) >= 11 is 0. The van der Waals surface area contributed by atoms with Gasteiger partial charge in [-0.15, -0.1) is 0 Å². The van der Waals surface area contributed by atoms with Crippen molar-refractivity contribution >= 4 is 11.6 Å². The van der Waals surface area contributed by atoms with E-state index < -0.39 is 11.6 Å². The van der Waals surface area contributed by atoms with E-state index in [0.29, 0.717) is 6.54 Å². The number of fused-ring (bicyclic) bond motifs is 1. The molecule has 0 bridgehead atoms. The van der Waals surface area contributed by atoms with Gasteiger partial charge in [-0.2, -0.15) is 0 Å². The number of halogens is 2. The molecule has 1 atom stereocenters. The van der Waals surface area contributed by atoms with E-state index in [4.69, 9.17) is 0 Å². The Labute approximate surface area is 164 Å². The van der Waals surface area contributed by atoms with Gasteiger partial charge in [0.25, 0.3) is 0 Å². The van der Waals surface area contributed by atoms with Gasteiger partial charge in [-0.3, -0.25) is 9.69 Å². The third-order valence-corrected chi connectivity index (χ3v) is 5.73. The Balaban J connectivity index is 1.21. The van der Waals surface area contributed by atoms with Crippen molar-refractivity contribution in [2.24, 2.45) is 0 Å². The highest BCUT2D eigenvalue weighted by Crippen LogP contribution is 2.35. The number of anilines is 1. The molecule has 2 aliphatic rings. The molecule has 1 amide bonds. The van der Waals surface area contributed by atoms with Crippen LogP contribution in [0.5, 0.6) is 0 Å². The maximum absolute atomic E-state index is 13.4. The number of hydrogen-bond donors (Lipinski definition) is 1. The summed E-state index contributed by atoms with van der Waals surface area (Å²) in [6, 6.07) is 12.0.